The number of phenols is 1. The number of carbonyl (C=O) groups excluding carboxylic acids is 2. The topological polar surface area (TPSA) is 99.4 Å². The monoisotopic (exact) mass is 324 g/mol. The van der Waals surface area contributed by atoms with Gasteiger partial charge in [-0.2, -0.15) is 5.26 Å². The van der Waals surface area contributed by atoms with Crippen molar-refractivity contribution in [2.24, 2.45) is 0 Å². The van der Waals surface area contributed by atoms with Gasteiger partial charge in [0.2, 0.25) is 0 Å². The molecule has 1 amide bonds. The zero-order valence-corrected chi connectivity index (χ0v) is 13.2. The van der Waals surface area contributed by atoms with E-state index >= 15 is 0 Å². The summed E-state index contributed by atoms with van der Waals surface area (Å²) >= 11 is 0. The summed E-state index contributed by atoms with van der Waals surface area (Å²) in [5, 5.41) is 21.4. The fourth-order valence-electron chi connectivity index (χ4n) is 2.03. The normalized spacial score (nSPS) is 11.2. The number of hydrogen-bond acceptors (Lipinski definition) is 5. The molecule has 0 saturated carbocycles. The number of esters is 1. The lowest BCUT2D eigenvalue weighted by atomic mass is 10.1. The molecule has 0 spiro atoms. The van der Waals surface area contributed by atoms with E-state index < -0.39 is 18.0 Å². The molecule has 0 heterocycles. The number of nitrogens with one attached hydrogen (secondary N) is 1. The van der Waals surface area contributed by atoms with Gasteiger partial charge in [0.05, 0.1) is 11.3 Å². The number of nitriles is 1. The van der Waals surface area contributed by atoms with Crippen LogP contribution in [0.3, 0.4) is 0 Å². The second kappa shape index (κ2) is 7.29. The van der Waals surface area contributed by atoms with Gasteiger partial charge in [-0.05, 0) is 37.6 Å². The molecule has 1 atom stereocenters. The third kappa shape index (κ3) is 3.70. The number of carbonyl (C=O) groups is 2. The van der Waals surface area contributed by atoms with E-state index in [1.807, 2.05) is 6.07 Å². The molecule has 24 heavy (non-hydrogen) atoms. The molecule has 0 aromatic heterocycles. The minimum atomic E-state index is -1.09. The summed E-state index contributed by atoms with van der Waals surface area (Å²) in [7, 11) is 0. The van der Waals surface area contributed by atoms with E-state index in [9.17, 15) is 14.7 Å². The highest BCUT2D eigenvalue weighted by atomic mass is 16.5. The molecule has 0 aliphatic rings. The Balaban J connectivity index is 2.08. The summed E-state index contributed by atoms with van der Waals surface area (Å²) in [6.07, 6.45) is -1.09. The van der Waals surface area contributed by atoms with Gasteiger partial charge in [0.15, 0.2) is 6.10 Å². The third-order valence-corrected chi connectivity index (χ3v) is 3.42. The van der Waals surface area contributed by atoms with Crippen molar-refractivity contribution in [1.29, 1.82) is 5.26 Å². The number of phenolic OH excluding ortho intramolecular Hbond substituents is 1. The molecule has 2 aromatic carbocycles. The number of aromatic hydroxyl groups is 1. The van der Waals surface area contributed by atoms with Crippen molar-refractivity contribution in [2.45, 2.75) is 20.0 Å². The molecule has 2 aromatic rings. The quantitative estimate of drug-likeness (QED) is 0.842. The molecule has 0 aliphatic heterocycles. The van der Waals surface area contributed by atoms with E-state index in [0.717, 1.165) is 0 Å². The first-order valence-electron chi connectivity index (χ1n) is 7.23. The van der Waals surface area contributed by atoms with Gasteiger partial charge in [-0.3, -0.25) is 4.79 Å². The Morgan fingerprint density at radius 3 is 2.62 bits per heavy atom. The first-order valence-corrected chi connectivity index (χ1v) is 7.23. The van der Waals surface area contributed by atoms with Gasteiger partial charge in [0, 0.05) is 0 Å². The van der Waals surface area contributed by atoms with Gasteiger partial charge in [0.25, 0.3) is 5.91 Å². The second-order valence-corrected chi connectivity index (χ2v) is 5.17. The van der Waals surface area contributed by atoms with Gasteiger partial charge in [-0.25, -0.2) is 4.79 Å². The van der Waals surface area contributed by atoms with Crippen LogP contribution in [0, 0.1) is 18.3 Å². The molecule has 122 valence electrons. The van der Waals surface area contributed by atoms with Crippen LogP contribution in [0.1, 0.15) is 28.4 Å². The number of para-hydroxylation sites is 2. The van der Waals surface area contributed by atoms with Gasteiger partial charge in [-0.15, -0.1) is 0 Å². The molecule has 6 nitrogen and oxygen atoms in total. The fourth-order valence-corrected chi connectivity index (χ4v) is 2.03. The van der Waals surface area contributed by atoms with Crippen LogP contribution < -0.4 is 5.32 Å². The van der Waals surface area contributed by atoms with Crippen LogP contribution in [-0.4, -0.2) is 23.1 Å². The minimum absolute atomic E-state index is 0.00734. The summed E-state index contributed by atoms with van der Waals surface area (Å²) in [5.41, 5.74) is 1.17. The Morgan fingerprint density at radius 2 is 1.92 bits per heavy atom. The lowest BCUT2D eigenvalue weighted by Crippen LogP contribution is -2.30. The number of benzene rings is 2. The lowest BCUT2D eigenvalue weighted by Gasteiger charge is -2.15. The zero-order chi connectivity index (χ0) is 17.7. The lowest BCUT2D eigenvalue weighted by molar-refractivity contribution is -0.123. The van der Waals surface area contributed by atoms with Crippen LogP contribution in [0.25, 0.3) is 0 Å². The number of aryl methyl sites for hydroxylation is 1. The van der Waals surface area contributed by atoms with E-state index in [0.29, 0.717) is 16.8 Å². The van der Waals surface area contributed by atoms with Crippen molar-refractivity contribution >= 4 is 17.6 Å². The zero-order valence-electron chi connectivity index (χ0n) is 13.2. The van der Waals surface area contributed by atoms with Crippen LogP contribution in [0.2, 0.25) is 0 Å². The van der Waals surface area contributed by atoms with Crippen LogP contribution >= 0.6 is 0 Å². The number of nitrogens with zero attached hydrogens (tertiary/aromatic N) is 1. The Morgan fingerprint density at radius 1 is 1.21 bits per heavy atom. The Hall–Kier alpha value is -3.33. The maximum absolute atomic E-state index is 12.1. The first kappa shape index (κ1) is 17.0. The second-order valence-electron chi connectivity index (χ2n) is 5.17. The molecule has 0 aliphatic carbocycles. The van der Waals surface area contributed by atoms with E-state index in [4.69, 9.17) is 10.00 Å². The van der Waals surface area contributed by atoms with Crippen molar-refractivity contribution in [3.63, 3.8) is 0 Å². The summed E-state index contributed by atoms with van der Waals surface area (Å²) < 4.78 is 5.09. The first-order chi connectivity index (χ1) is 11.4. The predicted molar refractivity (Wildman–Crippen MR) is 87.5 cm³/mol. The standard InChI is InChI=1S/C18H16N2O4/c1-11-6-5-8-14(16(11)21)18(23)24-12(2)17(22)20-15-9-4-3-7-13(15)10-19/h3-9,12,21H,1-2H3,(H,20,22)/t12-/m0/s1. The number of hydrogen-bond donors (Lipinski definition) is 2. The SMILES string of the molecule is Cc1cccc(C(=O)O[C@@H](C)C(=O)Nc2ccccc2C#N)c1O. The molecular formula is C18H16N2O4. The van der Waals surface area contributed by atoms with E-state index in [1.54, 1.807) is 43.3 Å². The molecule has 2 N–H and O–H groups in total. The van der Waals surface area contributed by atoms with Crippen LogP contribution in [0.4, 0.5) is 5.69 Å². The highest BCUT2D eigenvalue weighted by molar-refractivity contribution is 5.99. The molecule has 6 heteroatoms. The molecule has 0 bridgehead atoms. The van der Waals surface area contributed by atoms with Crippen LogP contribution in [-0.2, 0) is 9.53 Å². The number of rotatable bonds is 4. The van der Waals surface area contributed by atoms with Crippen molar-refractivity contribution < 1.29 is 19.4 Å². The Bertz CT molecular complexity index is 824. The van der Waals surface area contributed by atoms with Crippen molar-refractivity contribution in [3.05, 3.63) is 59.2 Å². The number of ether oxygens (including phenoxy) is 1. The summed E-state index contributed by atoms with van der Waals surface area (Å²) in [4.78, 5) is 24.2. The average molecular weight is 324 g/mol. The Kier molecular flexibility index (Phi) is 5.17. The molecule has 0 saturated heterocycles. The Labute approximate surface area is 139 Å². The summed E-state index contributed by atoms with van der Waals surface area (Å²) in [5.74, 6) is -1.55. The molecular weight excluding hydrogens is 308 g/mol. The van der Waals surface area contributed by atoms with Gasteiger partial charge in [-0.1, -0.05) is 24.3 Å². The van der Waals surface area contributed by atoms with E-state index in [2.05, 4.69) is 5.32 Å². The van der Waals surface area contributed by atoms with Crippen molar-refractivity contribution in [2.75, 3.05) is 5.32 Å². The molecule has 0 unspecified atom stereocenters. The van der Waals surface area contributed by atoms with E-state index in [1.165, 1.54) is 13.0 Å². The van der Waals surface area contributed by atoms with Crippen LogP contribution in [0.5, 0.6) is 5.75 Å². The van der Waals surface area contributed by atoms with Crippen LogP contribution in [0.15, 0.2) is 42.5 Å². The number of amides is 1. The number of anilines is 1. The van der Waals surface area contributed by atoms with Gasteiger partial charge >= 0.3 is 5.97 Å². The summed E-state index contributed by atoms with van der Waals surface area (Å²) in [6, 6.07) is 13.2. The molecule has 2 rings (SSSR count). The van der Waals surface area contributed by atoms with Gasteiger partial charge in [0.1, 0.15) is 17.4 Å². The fraction of sp³-hybridized carbons (Fsp3) is 0.167. The smallest absolute Gasteiger partial charge is 0.342 e. The van der Waals surface area contributed by atoms with E-state index in [-0.39, 0.29) is 11.3 Å². The van der Waals surface area contributed by atoms with Crippen molar-refractivity contribution in [3.8, 4) is 11.8 Å². The average Bonchev–Trinajstić information content (AvgIpc) is 2.57. The highest BCUT2D eigenvalue weighted by Gasteiger charge is 2.22. The maximum atomic E-state index is 12.1. The summed E-state index contributed by atoms with van der Waals surface area (Å²) in [6.45, 7) is 3.07. The largest absolute Gasteiger partial charge is 0.507 e. The molecule has 0 radical (unpaired) electrons. The highest BCUT2D eigenvalue weighted by Crippen LogP contribution is 2.22. The van der Waals surface area contributed by atoms with Crippen molar-refractivity contribution in [1.82, 2.24) is 0 Å². The maximum Gasteiger partial charge on any atom is 0.342 e. The minimum Gasteiger partial charge on any atom is -0.507 e. The predicted octanol–water partition coefficient (Wildman–Crippen LogP) is 2.76. The molecule has 0 fully saturated rings. The van der Waals surface area contributed by atoms with Gasteiger partial charge < -0.3 is 15.2 Å². The third-order valence-electron chi connectivity index (χ3n) is 3.42.